The Kier molecular flexibility index (Phi) is 12.6. The molecule has 0 atom stereocenters. The van der Waals surface area contributed by atoms with Crippen LogP contribution in [0.5, 0.6) is 11.5 Å². The second-order valence-corrected chi connectivity index (χ2v) is 7.44. The Bertz CT molecular complexity index is 729. The number of hydrogen-bond donors (Lipinski definition) is 4. The van der Waals surface area contributed by atoms with Crippen LogP contribution in [0.3, 0.4) is 0 Å². The maximum Gasteiger partial charge on any atom is 0.119 e. The van der Waals surface area contributed by atoms with E-state index in [4.69, 9.17) is 15.2 Å². The average Bonchev–Trinajstić information content (AvgIpc) is 2.80. The summed E-state index contributed by atoms with van der Waals surface area (Å²) >= 11 is 0. The van der Waals surface area contributed by atoms with E-state index in [1.165, 1.54) is 11.1 Å². The molecule has 0 saturated carbocycles. The summed E-state index contributed by atoms with van der Waals surface area (Å²) in [5.41, 5.74) is 8.27. The van der Waals surface area contributed by atoms with Crippen molar-refractivity contribution >= 4 is 0 Å². The molecule has 0 aromatic heterocycles. The molecule has 7 nitrogen and oxygen atoms in total. The van der Waals surface area contributed by atoms with Crippen LogP contribution >= 0.6 is 0 Å². The molecular formula is C24H39N5O2. The van der Waals surface area contributed by atoms with E-state index >= 15 is 0 Å². The minimum Gasteiger partial charge on any atom is -0.497 e. The van der Waals surface area contributed by atoms with Crippen LogP contribution in [0.15, 0.2) is 48.5 Å². The van der Waals surface area contributed by atoms with Gasteiger partial charge in [-0.15, -0.1) is 0 Å². The molecule has 2 aromatic carbocycles. The first-order valence-electron chi connectivity index (χ1n) is 11.1. The van der Waals surface area contributed by atoms with Crippen molar-refractivity contribution in [1.29, 1.82) is 0 Å². The number of rotatable bonds is 17. The van der Waals surface area contributed by atoms with E-state index in [2.05, 4.69) is 45.1 Å². The maximum atomic E-state index is 5.79. The number of nitrogens with one attached hydrogen (secondary N) is 3. The molecule has 0 aliphatic heterocycles. The lowest BCUT2D eigenvalue weighted by molar-refractivity contribution is 0.272. The number of methoxy groups -OCH3 is 2. The van der Waals surface area contributed by atoms with Gasteiger partial charge in [-0.2, -0.15) is 0 Å². The molecule has 0 amide bonds. The van der Waals surface area contributed by atoms with Crippen molar-refractivity contribution in [2.24, 2.45) is 5.73 Å². The van der Waals surface area contributed by atoms with Crippen molar-refractivity contribution in [3.05, 3.63) is 59.7 Å². The highest BCUT2D eigenvalue weighted by Crippen LogP contribution is 2.14. The number of benzene rings is 2. The first-order chi connectivity index (χ1) is 15.2. The van der Waals surface area contributed by atoms with E-state index in [-0.39, 0.29) is 0 Å². The molecule has 172 valence electrons. The summed E-state index contributed by atoms with van der Waals surface area (Å²) in [7, 11) is 3.40. The Balaban J connectivity index is 1.51. The zero-order valence-electron chi connectivity index (χ0n) is 19.0. The normalized spacial score (nSPS) is 11.1. The van der Waals surface area contributed by atoms with E-state index < -0.39 is 0 Å². The Morgan fingerprint density at radius 1 is 0.742 bits per heavy atom. The summed E-state index contributed by atoms with van der Waals surface area (Å²) < 4.78 is 10.6. The minimum atomic E-state index is 0.661. The highest BCUT2D eigenvalue weighted by atomic mass is 16.5. The third-order valence-electron chi connectivity index (χ3n) is 5.01. The van der Waals surface area contributed by atoms with Crippen LogP contribution in [-0.2, 0) is 13.1 Å². The standard InChI is InChI=1S/C24H39N5O2/c1-30-23-7-3-5-21(17-23)19-28-13-12-26-10-11-27-14-16-29(15-9-25)20-22-6-4-8-24(18-22)31-2/h3-8,17-18,26-28H,9-16,19-20,25H2,1-2H3. The molecule has 0 fully saturated rings. The lowest BCUT2D eigenvalue weighted by Gasteiger charge is -2.22. The summed E-state index contributed by atoms with van der Waals surface area (Å²) in [6.07, 6.45) is 0. The maximum absolute atomic E-state index is 5.79. The minimum absolute atomic E-state index is 0.661. The average molecular weight is 430 g/mol. The van der Waals surface area contributed by atoms with Crippen molar-refractivity contribution in [2.75, 3.05) is 66.6 Å². The monoisotopic (exact) mass is 429 g/mol. The Labute approximate surface area is 187 Å². The van der Waals surface area contributed by atoms with E-state index in [9.17, 15) is 0 Å². The molecule has 0 heterocycles. The molecular weight excluding hydrogens is 390 g/mol. The number of nitrogens with two attached hydrogens (primary N) is 1. The van der Waals surface area contributed by atoms with Crippen LogP contribution in [0.4, 0.5) is 0 Å². The zero-order valence-corrected chi connectivity index (χ0v) is 19.0. The molecule has 0 spiro atoms. The van der Waals surface area contributed by atoms with Gasteiger partial charge in [-0.3, -0.25) is 4.90 Å². The fraction of sp³-hybridized carbons (Fsp3) is 0.500. The topological polar surface area (TPSA) is 83.8 Å². The summed E-state index contributed by atoms with van der Waals surface area (Å²) in [6, 6.07) is 16.4. The summed E-state index contributed by atoms with van der Waals surface area (Å²) in [5, 5.41) is 10.4. The van der Waals surface area contributed by atoms with Gasteiger partial charge >= 0.3 is 0 Å². The Morgan fingerprint density at radius 3 is 1.97 bits per heavy atom. The SMILES string of the molecule is COc1cccc(CNCCNCCNCCN(CCN)Cc2cccc(OC)c2)c1. The third-order valence-corrected chi connectivity index (χ3v) is 5.01. The summed E-state index contributed by atoms with van der Waals surface area (Å²) in [6.45, 7) is 8.97. The molecule has 0 aliphatic carbocycles. The largest absolute Gasteiger partial charge is 0.497 e. The lowest BCUT2D eigenvalue weighted by Crippen LogP contribution is -2.38. The molecule has 7 heteroatoms. The van der Waals surface area contributed by atoms with E-state index in [0.29, 0.717) is 6.54 Å². The Hall–Kier alpha value is -2.16. The number of ether oxygens (including phenoxy) is 2. The van der Waals surface area contributed by atoms with Crippen LogP contribution in [0.2, 0.25) is 0 Å². The fourth-order valence-corrected chi connectivity index (χ4v) is 3.34. The van der Waals surface area contributed by atoms with Crippen LogP contribution in [0, 0.1) is 0 Å². The fourth-order valence-electron chi connectivity index (χ4n) is 3.34. The highest BCUT2D eigenvalue weighted by molar-refractivity contribution is 5.29. The van der Waals surface area contributed by atoms with Gasteiger partial charge in [-0.25, -0.2) is 0 Å². The van der Waals surface area contributed by atoms with Crippen molar-refractivity contribution in [1.82, 2.24) is 20.9 Å². The summed E-state index contributed by atoms with van der Waals surface area (Å²) in [4.78, 5) is 2.37. The van der Waals surface area contributed by atoms with Gasteiger partial charge in [0.15, 0.2) is 0 Å². The van der Waals surface area contributed by atoms with Crippen molar-refractivity contribution in [3.8, 4) is 11.5 Å². The molecule has 31 heavy (non-hydrogen) atoms. The zero-order chi connectivity index (χ0) is 22.2. The van der Waals surface area contributed by atoms with Crippen LogP contribution in [0.25, 0.3) is 0 Å². The molecule has 2 aromatic rings. The van der Waals surface area contributed by atoms with E-state index in [1.54, 1.807) is 14.2 Å². The molecule has 2 rings (SSSR count). The third kappa shape index (κ3) is 10.6. The van der Waals surface area contributed by atoms with Crippen molar-refractivity contribution in [2.45, 2.75) is 13.1 Å². The molecule has 0 bridgehead atoms. The smallest absolute Gasteiger partial charge is 0.119 e. The van der Waals surface area contributed by atoms with Gasteiger partial charge in [0, 0.05) is 65.4 Å². The first-order valence-corrected chi connectivity index (χ1v) is 11.1. The van der Waals surface area contributed by atoms with Gasteiger partial charge in [-0.05, 0) is 35.4 Å². The molecule has 0 unspecified atom stereocenters. The summed E-state index contributed by atoms with van der Waals surface area (Å²) in [5.74, 6) is 1.80. The Morgan fingerprint density at radius 2 is 1.32 bits per heavy atom. The predicted molar refractivity (Wildman–Crippen MR) is 128 cm³/mol. The first kappa shape index (κ1) is 25.1. The molecule has 0 radical (unpaired) electrons. The molecule has 5 N–H and O–H groups in total. The van der Waals surface area contributed by atoms with Crippen molar-refractivity contribution < 1.29 is 9.47 Å². The highest BCUT2D eigenvalue weighted by Gasteiger charge is 2.06. The lowest BCUT2D eigenvalue weighted by atomic mass is 10.2. The molecule has 0 aliphatic rings. The van der Waals surface area contributed by atoms with Gasteiger partial charge in [0.25, 0.3) is 0 Å². The van der Waals surface area contributed by atoms with Gasteiger partial charge in [0.05, 0.1) is 14.2 Å². The van der Waals surface area contributed by atoms with E-state index in [1.807, 2.05) is 24.3 Å². The molecule has 0 saturated heterocycles. The second kappa shape index (κ2) is 15.6. The van der Waals surface area contributed by atoms with Gasteiger partial charge in [-0.1, -0.05) is 24.3 Å². The second-order valence-electron chi connectivity index (χ2n) is 7.44. The van der Waals surface area contributed by atoms with Gasteiger partial charge in [0.2, 0.25) is 0 Å². The van der Waals surface area contributed by atoms with Crippen molar-refractivity contribution in [3.63, 3.8) is 0 Å². The quantitative estimate of drug-likeness (QED) is 0.283. The number of hydrogen-bond acceptors (Lipinski definition) is 7. The van der Waals surface area contributed by atoms with Crippen LogP contribution < -0.4 is 31.2 Å². The van der Waals surface area contributed by atoms with E-state index in [0.717, 1.165) is 70.4 Å². The predicted octanol–water partition coefficient (Wildman–Crippen LogP) is 1.43. The van der Waals surface area contributed by atoms with Gasteiger partial charge < -0.3 is 31.2 Å². The van der Waals surface area contributed by atoms with Crippen LogP contribution in [0.1, 0.15) is 11.1 Å². The number of nitrogens with zero attached hydrogens (tertiary/aromatic N) is 1. The van der Waals surface area contributed by atoms with Crippen LogP contribution in [-0.4, -0.2) is 71.5 Å². The van der Waals surface area contributed by atoms with Gasteiger partial charge in [0.1, 0.15) is 11.5 Å².